The normalized spacial score (nSPS) is 18.7. The zero-order valence-electron chi connectivity index (χ0n) is 17.4. The average molecular weight is 386 g/mol. The molecule has 6 nitrogen and oxygen atoms in total. The molecule has 2 aliphatic rings. The molecule has 3 rings (SSSR count). The van der Waals surface area contributed by atoms with Crippen molar-refractivity contribution < 1.29 is 4.79 Å². The number of amidine groups is 1. The number of nitrogens with one attached hydrogen (secondary N) is 2. The molecule has 1 unspecified atom stereocenters. The third-order valence-corrected chi connectivity index (χ3v) is 5.91. The largest absolute Gasteiger partial charge is 0.387 e. The van der Waals surface area contributed by atoms with Gasteiger partial charge in [0.25, 0.3) is 5.91 Å². The molecule has 0 aromatic carbocycles. The molecular weight excluding hydrogens is 350 g/mol. The van der Waals surface area contributed by atoms with Crippen molar-refractivity contribution in [3.8, 4) is 0 Å². The van der Waals surface area contributed by atoms with Crippen molar-refractivity contribution in [3.05, 3.63) is 22.9 Å². The van der Waals surface area contributed by atoms with E-state index in [1.165, 1.54) is 37.7 Å². The third kappa shape index (κ3) is 5.53. The lowest BCUT2D eigenvalue weighted by Crippen LogP contribution is -2.40. The topological polar surface area (TPSA) is 92.4 Å². The molecule has 2 aliphatic carbocycles. The van der Waals surface area contributed by atoms with Crippen LogP contribution in [0.15, 0.2) is 11.1 Å². The number of carbonyl (C=O) groups excluding carboxylic acids is 1. The summed E-state index contributed by atoms with van der Waals surface area (Å²) < 4.78 is 0. The Morgan fingerprint density at radius 2 is 2.07 bits per heavy atom. The van der Waals surface area contributed by atoms with E-state index in [4.69, 9.17) is 10.7 Å². The number of hydrogen-bond acceptors (Lipinski definition) is 4. The number of pyridine rings is 1. The number of hydrogen-bond donors (Lipinski definition) is 3. The molecule has 154 valence electrons. The summed E-state index contributed by atoms with van der Waals surface area (Å²) in [6, 6.07) is 3.12. The van der Waals surface area contributed by atoms with Crippen LogP contribution in [0.4, 0.5) is 5.82 Å². The Labute approximate surface area is 168 Å². The van der Waals surface area contributed by atoms with Crippen LogP contribution in [-0.2, 0) is 12.8 Å². The van der Waals surface area contributed by atoms with Crippen LogP contribution in [0.25, 0.3) is 0 Å². The summed E-state index contributed by atoms with van der Waals surface area (Å²) >= 11 is 0. The molecular formula is C22H35N5O. The highest BCUT2D eigenvalue weighted by molar-refractivity contribution is 6.05. The Bertz CT molecular complexity index is 705. The molecule has 0 radical (unpaired) electrons. The summed E-state index contributed by atoms with van der Waals surface area (Å²) in [6.45, 7) is 4.66. The minimum absolute atomic E-state index is 0.277. The minimum Gasteiger partial charge on any atom is -0.387 e. The summed E-state index contributed by atoms with van der Waals surface area (Å²) in [6.07, 6.45) is 11.9. The highest BCUT2D eigenvalue weighted by Crippen LogP contribution is 2.26. The van der Waals surface area contributed by atoms with Gasteiger partial charge in [-0.25, -0.2) is 4.98 Å². The van der Waals surface area contributed by atoms with Crippen LogP contribution in [0, 0.1) is 0 Å². The third-order valence-electron chi connectivity index (χ3n) is 5.91. The van der Waals surface area contributed by atoms with Gasteiger partial charge in [-0.15, -0.1) is 0 Å². The van der Waals surface area contributed by atoms with Gasteiger partial charge in [-0.1, -0.05) is 26.2 Å². The molecule has 0 bridgehead atoms. The molecule has 1 fully saturated rings. The molecule has 6 heteroatoms. The highest BCUT2D eigenvalue weighted by Gasteiger charge is 2.21. The van der Waals surface area contributed by atoms with E-state index in [0.717, 1.165) is 44.3 Å². The summed E-state index contributed by atoms with van der Waals surface area (Å²) in [5.41, 5.74) is 8.44. The van der Waals surface area contributed by atoms with E-state index >= 15 is 0 Å². The zero-order chi connectivity index (χ0) is 19.9. The van der Waals surface area contributed by atoms with E-state index in [1.54, 1.807) is 6.92 Å². The fourth-order valence-corrected chi connectivity index (χ4v) is 4.36. The second-order valence-corrected chi connectivity index (χ2v) is 8.22. The standard InChI is InChI=1S/C22H35N5O/c1-3-17(26-18-9-5-4-6-10-18)12-13-24-21-19(22(28)25-15(2)23)14-16-8-7-11-20(16)27-21/h14,17-18,26H,3-13H2,1-2H3,(H,24,27)(H2,23,25,28). The van der Waals surface area contributed by atoms with Gasteiger partial charge in [-0.3, -0.25) is 4.79 Å². The molecule has 1 heterocycles. The number of carbonyl (C=O) groups is 1. The van der Waals surface area contributed by atoms with E-state index in [0.29, 0.717) is 23.5 Å². The van der Waals surface area contributed by atoms with Gasteiger partial charge in [0.05, 0.1) is 5.56 Å². The second-order valence-electron chi connectivity index (χ2n) is 8.22. The summed E-state index contributed by atoms with van der Waals surface area (Å²) in [4.78, 5) is 21.2. The lowest BCUT2D eigenvalue weighted by Gasteiger charge is -2.28. The molecule has 28 heavy (non-hydrogen) atoms. The molecule has 4 N–H and O–H groups in total. The van der Waals surface area contributed by atoms with Crippen molar-refractivity contribution in [3.63, 3.8) is 0 Å². The second kappa shape index (κ2) is 10.0. The average Bonchev–Trinajstić information content (AvgIpc) is 3.14. The number of nitrogens with two attached hydrogens (primary N) is 1. The Hall–Kier alpha value is -1.95. The predicted molar refractivity (Wildman–Crippen MR) is 115 cm³/mol. The Kier molecular flexibility index (Phi) is 7.43. The number of amides is 1. The fourth-order valence-electron chi connectivity index (χ4n) is 4.36. The van der Waals surface area contributed by atoms with Crippen LogP contribution in [0.2, 0.25) is 0 Å². The van der Waals surface area contributed by atoms with Gasteiger partial charge in [0, 0.05) is 24.3 Å². The van der Waals surface area contributed by atoms with Crippen LogP contribution in [0.1, 0.15) is 86.8 Å². The molecule has 0 aliphatic heterocycles. The summed E-state index contributed by atoms with van der Waals surface area (Å²) in [5.74, 6) is 0.624. The van der Waals surface area contributed by atoms with Gasteiger partial charge < -0.3 is 16.4 Å². The van der Waals surface area contributed by atoms with E-state index in [9.17, 15) is 4.79 Å². The predicted octanol–water partition coefficient (Wildman–Crippen LogP) is 3.59. The fraction of sp³-hybridized carbons (Fsp3) is 0.682. The van der Waals surface area contributed by atoms with Gasteiger partial charge >= 0.3 is 0 Å². The van der Waals surface area contributed by atoms with Crippen LogP contribution in [-0.4, -0.2) is 35.4 Å². The van der Waals surface area contributed by atoms with Crippen molar-refractivity contribution in [2.75, 3.05) is 11.9 Å². The van der Waals surface area contributed by atoms with Crippen molar-refractivity contribution in [2.45, 2.75) is 90.1 Å². The van der Waals surface area contributed by atoms with Gasteiger partial charge in [-0.05, 0) is 63.5 Å². The maximum absolute atomic E-state index is 12.5. The Morgan fingerprint density at radius 1 is 1.29 bits per heavy atom. The molecule has 1 saturated carbocycles. The first-order valence-corrected chi connectivity index (χ1v) is 10.9. The lowest BCUT2D eigenvalue weighted by molar-refractivity contribution is 0.100. The number of aryl methyl sites for hydroxylation is 2. The Morgan fingerprint density at radius 3 is 2.79 bits per heavy atom. The number of anilines is 1. The van der Waals surface area contributed by atoms with Crippen LogP contribution >= 0.6 is 0 Å². The van der Waals surface area contributed by atoms with Crippen LogP contribution < -0.4 is 16.4 Å². The van der Waals surface area contributed by atoms with Crippen LogP contribution in [0.5, 0.6) is 0 Å². The molecule has 1 atom stereocenters. The number of rotatable bonds is 8. The van der Waals surface area contributed by atoms with E-state index in [2.05, 4.69) is 22.5 Å². The van der Waals surface area contributed by atoms with Crippen molar-refractivity contribution >= 4 is 17.6 Å². The highest BCUT2D eigenvalue weighted by atomic mass is 16.1. The molecule has 0 saturated heterocycles. The zero-order valence-corrected chi connectivity index (χ0v) is 17.4. The monoisotopic (exact) mass is 385 g/mol. The van der Waals surface area contributed by atoms with E-state index in [1.807, 2.05) is 6.07 Å². The quantitative estimate of drug-likeness (QED) is 0.470. The number of aliphatic imine (C=N–C) groups is 1. The molecule has 1 aromatic heterocycles. The van der Waals surface area contributed by atoms with Crippen molar-refractivity contribution in [1.29, 1.82) is 0 Å². The summed E-state index contributed by atoms with van der Waals surface area (Å²) in [5, 5.41) is 7.25. The smallest absolute Gasteiger partial charge is 0.282 e. The van der Waals surface area contributed by atoms with Crippen LogP contribution in [0.3, 0.4) is 0 Å². The first-order chi connectivity index (χ1) is 13.6. The lowest BCUT2D eigenvalue weighted by atomic mass is 9.94. The Balaban J connectivity index is 1.63. The van der Waals surface area contributed by atoms with Gasteiger partial charge in [0.1, 0.15) is 11.7 Å². The first kappa shape index (κ1) is 20.8. The van der Waals surface area contributed by atoms with Gasteiger partial charge in [0.2, 0.25) is 0 Å². The maximum atomic E-state index is 12.5. The number of fused-ring (bicyclic) bond motifs is 1. The number of aromatic nitrogens is 1. The number of nitrogens with zero attached hydrogens (tertiary/aromatic N) is 2. The van der Waals surface area contributed by atoms with E-state index in [-0.39, 0.29) is 11.7 Å². The minimum atomic E-state index is -0.308. The SMILES string of the molecule is CCC(CCNc1nc2c(cc1C(=O)N=C(C)N)CCC2)NC1CCCCC1. The van der Waals surface area contributed by atoms with Crippen molar-refractivity contribution in [2.24, 2.45) is 10.7 Å². The molecule has 0 spiro atoms. The van der Waals surface area contributed by atoms with Gasteiger partial charge in [0.15, 0.2) is 0 Å². The van der Waals surface area contributed by atoms with Crippen molar-refractivity contribution in [1.82, 2.24) is 10.3 Å². The molecule has 1 aromatic rings. The van der Waals surface area contributed by atoms with Gasteiger partial charge in [-0.2, -0.15) is 4.99 Å². The summed E-state index contributed by atoms with van der Waals surface area (Å²) in [7, 11) is 0. The van der Waals surface area contributed by atoms with E-state index < -0.39 is 0 Å². The molecule has 1 amide bonds. The maximum Gasteiger partial charge on any atom is 0.282 e. The first-order valence-electron chi connectivity index (χ1n) is 10.9.